The average Bonchev–Trinajstić information content (AvgIpc) is 2.34. The molecule has 1 aliphatic heterocycles. The van der Waals surface area contributed by atoms with Crippen molar-refractivity contribution in [3.8, 4) is 0 Å². The van der Waals surface area contributed by atoms with Crippen molar-refractivity contribution in [1.29, 1.82) is 0 Å². The lowest BCUT2D eigenvalue weighted by molar-refractivity contribution is -0.00794. The van der Waals surface area contributed by atoms with Gasteiger partial charge in [0.1, 0.15) is 0 Å². The van der Waals surface area contributed by atoms with Crippen LogP contribution in [-0.4, -0.2) is 44.5 Å². The van der Waals surface area contributed by atoms with E-state index in [1.807, 2.05) is 19.1 Å². The summed E-state index contributed by atoms with van der Waals surface area (Å²) in [4.78, 5) is 3.37. The van der Waals surface area contributed by atoms with Crippen LogP contribution in [0.4, 0.5) is 0 Å². The highest BCUT2D eigenvalue weighted by atomic mass is 32.2. The van der Waals surface area contributed by atoms with E-state index in [1.54, 1.807) is 22.3 Å². The molecule has 1 saturated heterocycles. The third-order valence-electron chi connectivity index (χ3n) is 4.54. The molecule has 0 bridgehead atoms. The third-order valence-corrected chi connectivity index (χ3v) is 7.24. The largest absolute Gasteiger partial charge is 0.363 e. The highest BCUT2D eigenvalue weighted by Gasteiger charge is 2.51. The summed E-state index contributed by atoms with van der Waals surface area (Å²) < 4.78 is 26.2. The molecule has 0 unspecified atom stereocenters. The minimum Gasteiger partial charge on any atom is -0.363 e. The molecule has 0 aromatic heterocycles. The zero-order valence-electron chi connectivity index (χ0n) is 15.0. The molecule has 1 aliphatic carbocycles. The van der Waals surface area contributed by atoms with E-state index in [1.165, 1.54) is 19.3 Å². The number of rotatable bonds is 3. The maximum atomic E-state index is 12.3. The molecular formula is C17H27N3O2SSi. The van der Waals surface area contributed by atoms with Gasteiger partial charge in [0, 0.05) is 13.1 Å². The first-order valence-corrected chi connectivity index (χ1v) is 13.4. The molecule has 1 spiro atoms. The predicted molar refractivity (Wildman–Crippen MR) is 99.3 cm³/mol. The lowest BCUT2D eigenvalue weighted by atomic mass is 9.65. The second kappa shape index (κ2) is 6.92. The first-order valence-electron chi connectivity index (χ1n) is 8.33. The van der Waals surface area contributed by atoms with Crippen LogP contribution in [0, 0.1) is 12.3 Å². The molecule has 0 radical (unpaired) electrons. The second-order valence-corrected chi connectivity index (χ2v) is 15.0. The highest BCUT2D eigenvalue weighted by Crippen LogP contribution is 2.49. The maximum absolute atomic E-state index is 12.3. The van der Waals surface area contributed by atoms with Crippen LogP contribution < -0.4 is 0 Å². The lowest BCUT2D eigenvalue weighted by Gasteiger charge is -2.54. The van der Waals surface area contributed by atoms with E-state index >= 15 is 0 Å². The van der Waals surface area contributed by atoms with E-state index in [-0.39, 0.29) is 0 Å². The van der Waals surface area contributed by atoms with Gasteiger partial charge in [0.05, 0.1) is 4.90 Å². The molecule has 1 aromatic rings. The minimum atomic E-state index is -3.23. The van der Waals surface area contributed by atoms with Gasteiger partial charge in [0.15, 0.2) is 8.07 Å². The van der Waals surface area contributed by atoms with E-state index in [0.29, 0.717) is 10.3 Å². The Hall–Kier alpha value is -1.27. The van der Waals surface area contributed by atoms with Gasteiger partial charge in [0.2, 0.25) is 15.9 Å². The van der Waals surface area contributed by atoms with Crippen molar-refractivity contribution in [2.75, 3.05) is 13.1 Å². The lowest BCUT2D eigenvalue weighted by Crippen LogP contribution is -2.61. The van der Waals surface area contributed by atoms with Crippen LogP contribution in [0.2, 0.25) is 19.6 Å². The van der Waals surface area contributed by atoms with Crippen molar-refractivity contribution >= 4 is 23.9 Å². The fraction of sp³-hybridized carbons (Fsp3) is 0.588. The van der Waals surface area contributed by atoms with Gasteiger partial charge in [0.25, 0.3) is 0 Å². The molecule has 2 aliphatic rings. The van der Waals surface area contributed by atoms with E-state index in [9.17, 15) is 8.42 Å². The molecule has 0 atom stereocenters. The Labute approximate surface area is 146 Å². The number of aryl methyl sites for hydroxylation is 1. The Morgan fingerprint density at radius 3 is 2.04 bits per heavy atom. The van der Waals surface area contributed by atoms with E-state index in [0.717, 1.165) is 18.7 Å². The van der Waals surface area contributed by atoms with E-state index < -0.39 is 18.1 Å². The van der Waals surface area contributed by atoms with E-state index in [2.05, 4.69) is 24.4 Å². The maximum Gasteiger partial charge on any atom is 0.243 e. The van der Waals surface area contributed by atoms with Crippen LogP contribution >= 0.6 is 0 Å². The number of hydrogen-bond acceptors (Lipinski definition) is 2. The topological polar surface area (TPSA) is 73.8 Å². The molecule has 3 rings (SSSR count). The molecule has 2 fully saturated rings. The smallest absolute Gasteiger partial charge is 0.243 e. The average molecular weight is 366 g/mol. The van der Waals surface area contributed by atoms with Gasteiger partial charge in [-0.1, -0.05) is 43.8 Å². The second-order valence-electron chi connectivity index (χ2n) is 8.05. The predicted octanol–water partition coefficient (Wildman–Crippen LogP) is 3.33. The van der Waals surface area contributed by atoms with Crippen LogP contribution in [0.3, 0.4) is 0 Å². The Morgan fingerprint density at radius 2 is 1.71 bits per heavy atom. The Bertz CT molecular complexity index is 720. The first kappa shape index (κ1) is 19.1. The van der Waals surface area contributed by atoms with Gasteiger partial charge in [-0.3, -0.25) is 0 Å². The molecule has 0 amide bonds. The number of sulfonamides is 1. The summed E-state index contributed by atoms with van der Waals surface area (Å²) in [6.45, 7) is 9.72. The molecule has 1 aromatic carbocycles. The molecule has 1 saturated carbocycles. The van der Waals surface area contributed by atoms with Crippen molar-refractivity contribution in [3.63, 3.8) is 0 Å². The normalized spacial score (nSPS) is 19.3. The number of benzene rings is 1. The van der Waals surface area contributed by atoms with Crippen molar-refractivity contribution in [2.45, 2.75) is 50.7 Å². The summed E-state index contributed by atoms with van der Waals surface area (Å²) in [6.07, 6.45) is 3.66. The van der Waals surface area contributed by atoms with Gasteiger partial charge in [-0.2, -0.15) is 9.10 Å². The number of nitrogens with zero attached hydrogens (tertiary/aromatic N) is 3. The standard InChI is InChI=1S/C13H17NO2S.C4H10N2Si/c1-11-3-5-12(6-4-11)17(15,16)14-9-13(10-14)7-2-8-13;1-7(2,3)4-6-5/h3-6H,2,7-10H2,1H3;4H,1-3H3. The summed E-state index contributed by atoms with van der Waals surface area (Å²) in [7, 11) is -4.43. The van der Waals surface area contributed by atoms with Gasteiger partial charge < -0.3 is 5.53 Å². The molecule has 24 heavy (non-hydrogen) atoms. The summed E-state index contributed by atoms with van der Waals surface area (Å²) in [6, 6.07) is 7.12. The Balaban J connectivity index is 0.000000256. The molecule has 0 N–H and O–H groups in total. The fourth-order valence-corrected chi connectivity index (χ4v) is 4.91. The molecule has 7 heteroatoms. The zero-order chi connectivity index (χ0) is 18.0. The monoisotopic (exact) mass is 365 g/mol. The van der Waals surface area contributed by atoms with Crippen LogP contribution in [0.15, 0.2) is 29.2 Å². The molecule has 132 valence electrons. The van der Waals surface area contributed by atoms with Gasteiger partial charge >= 0.3 is 0 Å². The van der Waals surface area contributed by atoms with Crippen molar-refractivity contribution in [1.82, 2.24) is 4.31 Å². The zero-order valence-corrected chi connectivity index (χ0v) is 16.8. The first-order chi connectivity index (χ1) is 11.1. The minimum absolute atomic E-state index is 0.345. The van der Waals surface area contributed by atoms with Crippen LogP contribution in [0.25, 0.3) is 5.53 Å². The quantitative estimate of drug-likeness (QED) is 0.357. The SMILES string of the molecule is C[Si](C)(C)C=[N+]=[N-].Cc1ccc(S(=O)(=O)N2CC3(CCC3)C2)cc1. The van der Waals surface area contributed by atoms with Crippen LogP contribution in [-0.2, 0) is 10.0 Å². The summed E-state index contributed by atoms with van der Waals surface area (Å²) in [5.41, 5.74) is 9.44. The molecule has 5 nitrogen and oxygen atoms in total. The van der Waals surface area contributed by atoms with Crippen molar-refractivity contribution in [3.05, 3.63) is 35.4 Å². The highest BCUT2D eigenvalue weighted by molar-refractivity contribution is 7.89. The summed E-state index contributed by atoms with van der Waals surface area (Å²) in [5, 5.41) is 0. The third kappa shape index (κ3) is 4.42. The van der Waals surface area contributed by atoms with Crippen LogP contribution in [0.5, 0.6) is 0 Å². The molecular weight excluding hydrogens is 338 g/mol. The fourth-order valence-electron chi connectivity index (χ4n) is 2.90. The summed E-state index contributed by atoms with van der Waals surface area (Å²) in [5.74, 6) is 1.63. The van der Waals surface area contributed by atoms with Crippen LogP contribution in [0.1, 0.15) is 24.8 Å². The molecule has 1 heterocycles. The van der Waals surface area contributed by atoms with Crippen molar-refractivity contribution in [2.24, 2.45) is 5.41 Å². The van der Waals surface area contributed by atoms with Gasteiger partial charge in [-0.05, 0) is 37.3 Å². The van der Waals surface area contributed by atoms with Gasteiger partial charge in [-0.15, -0.1) is 0 Å². The van der Waals surface area contributed by atoms with Gasteiger partial charge in [-0.25, -0.2) is 8.42 Å². The Morgan fingerprint density at radius 1 is 1.17 bits per heavy atom. The van der Waals surface area contributed by atoms with E-state index in [4.69, 9.17) is 5.53 Å². The van der Waals surface area contributed by atoms with Crippen molar-refractivity contribution < 1.29 is 13.2 Å². The number of hydrogen-bond donors (Lipinski definition) is 0. The summed E-state index contributed by atoms with van der Waals surface area (Å²) >= 11 is 0. The Kier molecular flexibility index (Phi) is 5.49.